The number of ether oxygens (including phenoxy) is 5. The molecule has 1 fully saturated rings. The van der Waals surface area contributed by atoms with E-state index in [9.17, 15) is 9.59 Å². The third-order valence-corrected chi connectivity index (χ3v) is 5.67. The van der Waals surface area contributed by atoms with Gasteiger partial charge in [0.25, 0.3) is 0 Å². The van der Waals surface area contributed by atoms with Gasteiger partial charge in [0.05, 0.1) is 19.8 Å². The molecule has 31 heavy (non-hydrogen) atoms. The minimum absolute atomic E-state index is 0.0451. The number of carbonyl (C=O) groups excluding carboxylic acids is 2. The summed E-state index contributed by atoms with van der Waals surface area (Å²) in [6.07, 6.45) is 2.78. The van der Waals surface area contributed by atoms with E-state index in [0.717, 1.165) is 30.4 Å². The van der Waals surface area contributed by atoms with E-state index in [1.165, 1.54) is 14.2 Å². The fourth-order valence-corrected chi connectivity index (χ4v) is 3.61. The molecule has 7 heteroatoms. The third kappa shape index (κ3) is 3.92. The summed E-state index contributed by atoms with van der Waals surface area (Å²) in [5.74, 6) is 0.454. The highest BCUT2D eigenvalue weighted by atomic mass is 16.6. The monoisotopic (exact) mass is 426 g/mol. The van der Waals surface area contributed by atoms with Gasteiger partial charge in [0.2, 0.25) is 5.75 Å². The third-order valence-electron chi connectivity index (χ3n) is 5.67. The molecule has 1 aliphatic carbocycles. The number of esters is 2. The van der Waals surface area contributed by atoms with Crippen LogP contribution in [-0.2, 0) is 20.9 Å². The summed E-state index contributed by atoms with van der Waals surface area (Å²) in [7, 11) is 3.05. The zero-order valence-electron chi connectivity index (χ0n) is 18.2. The Kier molecular flexibility index (Phi) is 5.52. The zero-order chi connectivity index (χ0) is 22.2. The van der Waals surface area contributed by atoms with Gasteiger partial charge in [-0.3, -0.25) is 0 Å². The van der Waals surface area contributed by atoms with E-state index in [1.807, 2.05) is 18.2 Å². The number of benzene rings is 2. The number of cyclic esters (lactones) is 1. The molecule has 4 rings (SSSR count). The highest BCUT2D eigenvalue weighted by Gasteiger charge is 2.37. The second kappa shape index (κ2) is 8.13. The van der Waals surface area contributed by atoms with E-state index >= 15 is 0 Å². The summed E-state index contributed by atoms with van der Waals surface area (Å²) >= 11 is 0. The molecule has 0 unspecified atom stereocenters. The maximum absolute atomic E-state index is 12.8. The van der Waals surface area contributed by atoms with Crippen LogP contribution in [-0.4, -0.2) is 37.9 Å². The molecule has 0 N–H and O–H groups in total. The van der Waals surface area contributed by atoms with Crippen LogP contribution in [0.3, 0.4) is 0 Å². The van der Waals surface area contributed by atoms with Gasteiger partial charge in [-0.1, -0.05) is 6.07 Å². The van der Waals surface area contributed by atoms with E-state index in [-0.39, 0.29) is 18.7 Å². The standard InChI is InChI=1S/C24H26O7/c1-24(2,23(26)30-16-6-5-7-16)31-20-17(10-11-19(27-3)21(20)28-4)14-8-9-18-15(12-14)13-29-22(18)25/h8-12,16H,5-7,13H2,1-4H3. The SMILES string of the molecule is COc1ccc(-c2ccc3c(c2)COC3=O)c(OC(C)(C)C(=O)OC2CCC2)c1OC. The first kappa shape index (κ1) is 21.0. The van der Waals surface area contributed by atoms with Crippen LogP contribution >= 0.6 is 0 Å². The molecule has 0 saturated heterocycles. The van der Waals surface area contributed by atoms with Crippen LogP contribution < -0.4 is 14.2 Å². The number of hydrogen-bond donors (Lipinski definition) is 0. The Morgan fingerprint density at radius 2 is 1.77 bits per heavy atom. The van der Waals surface area contributed by atoms with Crippen molar-refractivity contribution in [2.75, 3.05) is 14.2 Å². The Hall–Kier alpha value is -3.22. The molecule has 2 aromatic rings. The van der Waals surface area contributed by atoms with Crippen LogP contribution in [0.1, 0.15) is 49.0 Å². The Morgan fingerprint density at radius 3 is 2.42 bits per heavy atom. The van der Waals surface area contributed by atoms with Gasteiger partial charge in [0.1, 0.15) is 12.7 Å². The van der Waals surface area contributed by atoms with Crippen LogP contribution in [0.15, 0.2) is 30.3 Å². The summed E-state index contributed by atoms with van der Waals surface area (Å²) in [5, 5.41) is 0. The summed E-state index contributed by atoms with van der Waals surface area (Å²) in [6, 6.07) is 9.04. The molecule has 1 heterocycles. The molecule has 1 saturated carbocycles. The molecule has 0 bridgehead atoms. The topological polar surface area (TPSA) is 80.3 Å². The van der Waals surface area contributed by atoms with Crippen molar-refractivity contribution >= 4 is 11.9 Å². The zero-order valence-corrected chi connectivity index (χ0v) is 18.2. The van der Waals surface area contributed by atoms with Crippen molar-refractivity contribution in [3.63, 3.8) is 0 Å². The minimum atomic E-state index is -1.25. The Morgan fingerprint density at radius 1 is 1.03 bits per heavy atom. The molecule has 0 aromatic heterocycles. The quantitative estimate of drug-likeness (QED) is 0.611. The number of methoxy groups -OCH3 is 2. The summed E-state index contributed by atoms with van der Waals surface area (Å²) in [6.45, 7) is 3.57. The fourth-order valence-electron chi connectivity index (χ4n) is 3.61. The first-order chi connectivity index (χ1) is 14.8. The van der Waals surface area contributed by atoms with E-state index in [2.05, 4.69) is 0 Å². The normalized spacial score (nSPS) is 15.5. The van der Waals surface area contributed by atoms with Gasteiger partial charge < -0.3 is 23.7 Å². The molecule has 164 valence electrons. The number of hydrogen-bond acceptors (Lipinski definition) is 7. The molecular weight excluding hydrogens is 400 g/mol. The van der Waals surface area contributed by atoms with Crippen molar-refractivity contribution in [1.82, 2.24) is 0 Å². The predicted octanol–water partition coefficient (Wildman–Crippen LogP) is 4.29. The van der Waals surface area contributed by atoms with Gasteiger partial charge in [-0.25, -0.2) is 9.59 Å². The van der Waals surface area contributed by atoms with E-state index in [0.29, 0.717) is 28.4 Å². The predicted molar refractivity (Wildman–Crippen MR) is 113 cm³/mol. The highest BCUT2D eigenvalue weighted by molar-refractivity contribution is 5.94. The Balaban J connectivity index is 1.74. The lowest BCUT2D eigenvalue weighted by molar-refractivity contribution is -0.168. The lowest BCUT2D eigenvalue weighted by Crippen LogP contribution is -2.43. The maximum Gasteiger partial charge on any atom is 0.350 e. The highest BCUT2D eigenvalue weighted by Crippen LogP contribution is 2.46. The van der Waals surface area contributed by atoms with Crippen molar-refractivity contribution in [3.8, 4) is 28.4 Å². The minimum Gasteiger partial charge on any atom is -0.493 e. The van der Waals surface area contributed by atoms with Gasteiger partial charge in [0, 0.05) is 11.1 Å². The summed E-state index contributed by atoms with van der Waals surface area (Å²) in [4.78, 5) is 24.6. The van der Waals surface area contributed by atoms with Crippen LogP contribution in [0.25, 0.3) is 11.1 Å². The van der Waals surface area contributed by atoms with Crippen molar-refractivity contribution in [2.45, 2.75) is 51.4 Å². The molecular formula is C24H26O7. The average Bonchev–Trinajstić information content (AvgIpc) is 3.09. The van der Waals surface area contributed by atoms with Crippen molar-refractivity contribution < 1.29 is 33.3 Å². The van der Waals surface area contributed by atoms with Crippen molar-refractivity contribution in [2.24, 2.45) is 0 Å². The van der Waals surface area contributed by atoms with Gasteiger partial charge >= 0.3 is 11.9 Å². The van der Waals surface area contributed by atoms with Gasteiger partial charge in [-0.2, -0.15) is 0 Å². The lowest BCUT2D eigenvalue weighted by Gasteiger charge is -2.32. The molecule has 0 atom stereocenters. The molecule has 0 amide bonds. The first-order valence-corrected chi connectivity index (χ1v) is 10.3. The average molecular weight is 426 g/mol. The van der Waals surface area contributed by atoms with Gasteiger partial charge in [0.15, 0.2) is 17.1 Å². The molecule has 0 radical (unpaired) electrons. The van der Waals surface area contributed by atoms with Crippen molar-refractivity contribution in [1.29, 1.82) is 0 Å². The smallest absolute Gasteiger partial charge is 0.350 e. The van der Waals surface area contributed by atoms with Crippen LogP contribution in [0.5, 0.6) is 17.2 Å². The molecule has 2 aromatic carbocycles. The van der Waals surface area contributed by atoms with Gasteiger partial charge in [-0.15, -0.1) is 0 Å². The van der Waals surface area contributed by atoms with Crippen LogP contribution in [0.4, 0.5) is 0 Å². The fraction of sp³-hybridized carbons (Fsp3) is 0.417. The van der Waals surface area contributed by atoms with Crippen molar-refractivity contribution in [3.05, 3.63) is 41.5 Å². The second-order valence-electron chi connectivity index (χ2n) is 8.20. The van der Waals surface area contributed by atoms with Crippen LogP contribution in [0.2, 0.25) is 0 Å². The van der Waals surface area contributed by atoms with E-state index in [1.54, 1.807) is 26.0 Å². The van der Waals surface area contributed by atoms with Gasteiger partial charge in [-0.05, 0) is 62.9 Å². The Bertz CT molecular complexity index is 1020. The number of carbonyl (C=O) groups is 2. The molecule has 1 aliphatic heterocycles. The number of rotatable bonds is 7. The molecule has 2 aliphatic rings. The van der Waals surface area contributed by atoms with E-state index in [4.69, 9.17) is 23.7 Å². The largest absolute Gasteiger partial charge is 0.493 e. The first-order valence-electron chi connectivity index (χ1n) is 10.3. The number of fused-ring (bicyclic) bond motifs is 1. The summed E-state index contributed by atoms with van der Waals surface area (Å²) < 4.78 is 28.0. The lowest BCUT2D eigenvalue weighted by atomic mass is 9.96. The Labute approximate surface area is 181 Å². The maximum atomic E-state index is 12.8. The molecule has 0 spiro atoms. The molecule has 7 nitrogen and oxygen atoms in total. The van der Waals surface area contributed by atoms with Crippen LogP contribution in [0, 0.1) is 0 Å². The second-order valence-corrected chi connectivity index (χ2v) is 8.20. The van der Waals surface area contributed by atoms with E-state index < -0.39 is 11.6 Å². The summed E-state index contributed by atoms with van der Waals surface area (Å²) in [5.41, 5.74) is 1.60.